The molecule has 2 rings (SSSR count). The Labute approximate surface area is 122 Å². The molecule has 0 aliphatic heterocycles. The second-order valence-electron chi connectivity index (χ2n) is 5.52. The van der Waals surface area contributed by atoms with Gasteiger partial charge in [-0.15, -0.1) is 0 Å². The van der Waals surface area contributed by atoms with E-state index in [4.69, 9.17) is 0 Å². The molecule has 2 aromatic rings. The third-order valence-electron chi connectivity index (χ3n) is 3.72. The summed E-state index contributed by atoms with van der Waals surface area (Å²) in [5.74, 6) is 0. The molecule has 0 unspecified atom stereocenters. The number of hydrogen-bond donors (Lipinski definition) is 1. The molecule has 2 aromatic carbocycles. The number of hydrogen-bond acceptors (Lipinski definition) is 2. The monoisotopic (exact) mass is 268 g/mol. The van der Waals surface area contributed by atoms with Crippen LogP contribution in [-0.2, 0) is 6.54 Å². The zero-order chi connectivity index (χ0) is 14.5. The van der Waals surface area contributed by atoms with Crippen LogP contribution in [0.1, 0.15) is 29.7 Å². The fourth-order valence-electron chi connectivity index (χ4n) is 2.37. The van der Waals surface area contributed by atoms with Gasteiger partial charge in [0, 0.05) is 32.4 Å². The van der Waals surface area contributed by atoms with E-state index in [-0.39, 0.29) is 0 Å². The van der Waals surface area contributed by atoms with Gasteiger partial charge in [0.25, 0.3) is 0 Å². The fourth-order valence-corrected chi connectivity index (χ4v) is 2.37. The SMILES string of the molecule is Cc1ccccc1[C@H](C)NCc1ccc(N(C)C)cc1. The molecule has 2 heteroatoms. The highest BCUT2D eigenvalue weighted by Gasteiger charge is 2.07. The standard InChI is InChI=1S/C18H24N2/c1-14-7-5-6-8-18(14)15(2)19-13-16-9-11-17(12-10-16)20(3)4/h5-12,15,19H,13H2,1-4H3/t15-/m0/s1. The first-order valence-corrected chi connectivity index (χ1v) is 7.13. The highest BCUT2D eigenvalue weighted by molar-refractivity contribution is 5.46. The molecule has 106 valence electrons. The van der Waals surface area contributed by atoms with Gasteiger partial charge in [-0.2, -0.15) is 0 Å². The van der Waals surface area contributed by atoms with E-state index in [2.05, 4.69) is 86.7 Å². The molecule has 0 amide bonds. The minimum absolute atomic E-state index is 0.365. The summed E-state index contributed by atoms with van der Waals surface area (Å²) in [6.45, 7) is 5.28. The van der Waals surface area contributed by atoms with Gasteiger partial charge in [0.15, 0.2) is 0 Å². The normalized spacial score (nSPS) is 12.2. The quantitative estimate of drug-likeness (QED) is 0.884. The van der Waals surface area contributed by atoms with E-state index < -0.39 is 0 Å². The van der Waals surface area contributed by atoms with Crippen LogP contribution in [-0.4, -0.2) is 14.1 Å². The number of anilines is 1. The van der Waals surface area contributed by atoms with Gasteiger partial charge in [0.1, 0.15) is 0 Å². The summed E-state index contributed by atoms with van der Waals surface area (Å²) in [6, 6.07) is 17.6. The highest BCUT2D eigenvalue weighted by atomic mass is 15.1. The van der Waals surface area contributed by atoms with Gasteiger partial charge < -0.3 is 10.2 Å². The molecule has 0 spiro atoms. The van der Waals surface area contributed by atoms with Gasteiger partial charge in [-0.3, -0.25) is 0 Å². The van der Waals surface area contributed by atoms with E-state index >= 15 is 0 Å². The van der Waals surface area contributed by atoms with Gasteiger partial charge in [-0.05, 0) is 42.7 Å². The van der Waals surface area contributed by atoms with E-state index in [0.29, 0.717) is 6.04 Å². The molecule has 0 aliphatic carbocycles. The van der Waals surface area contributed by atoms with Crippen molar-refractivity contribution in [1.29, 1.82) is 0 Å². The molecule has 0 saturated heterocycles. The predicted octanol–water partition coefficient (Wildman–Crippen LogP) is 3.91. The topological polar surface area (TPSA) is 15.3 Å². The zero-order valence-electron chi connectivity index (χ0n) is 12.9. The van der Waals surface area contributed by atoms with E-state index in [1.165, 1.54) is 22.4 Å². The number of benzene rings is 2. The third kappa shape index (κ3) is 3.61. The maximum Gasteiger partial charge on any atom is 0.0361 e. The predicted molar refractivity (Wildman–Crippen MR) is 87.2 cm³/mol. The number of nitrogens with one attached hydrogen (secondary N) is 1. The first-order chi connectivity index (χ1) is 9.58. The van der Waals surface area contributed by atoms with Gasteiger partial charge in [0.2, 0.25) is 0 Å². The summed E-state index contributed by atoms with van der Waals surface area (Å²) < 4.78 is 0. The van der Waals surface area contributed by atoms with E-state index in [9.17, 15) is 0 Å². The van der Waals surface area contributed by atoms with Crippen molar-refractivity contribution in [2.75, 3.05) is 19.0 Å². The Balaban J connectivity index is 1.96. The second kappa shape index (κ2) is 6.58. The summed E-state index contributed by atoms with van der Waals surface area (Å²) in [6.07, 6.45) is 0. The third-order valence-corrected chi connectivity index (χ3v) is 3.72. The largest absolute Gasteiger partial charge is 0.378 e. The molecule has 0 aliphatic rings. The molecule has 2 nitrogen and oxygen atoms in total. The molecule has 0 radical (unpaired) electrons. The Morgan fingerprint density at radius 2 is 1.65 bits per heavy atom. The summed E-state index contributed by atoms with van der Waals surface area (Å²) >= 11 is 0. The first kappa shape index (κ1) is 14.6. The summed E-state index contributed by atoms with van der Waals surface area (Å²) in [7, 11) is 4.13. The molecule has 1 N–H and O–H groups in total. The summed E-state index contributed by atoms with van der Waals surface area (Å²) in [4.78, 5) is 2.12. The highest BCUT2D eigenvalue weighted by Crippen LogP contribution is 2.18. The minimum atomic E-state index is 0.365. The maximum atomic E-state index is 3.59. The smallest absolute Gasteiger partial charge is 0.0361 e. The van der Waals surface area contributed by atoms with Crippen LogP contribution in [0.5, 0.6) is 0 Å². The van der Waals surface area contributed by atoms with Crippen molar-refractivity contribution >= 4 is 5.69 Å². The van der Waals surface area contributed by atoms with Crippen molar-refractivity contribution in [2.24, 2.45) is 0 Å². The lowest BCUT2D eigenvalue weighted by atomic mass is 10.0. The van der Waals surface area contributed by atoms with E-state index in [1.54, 1.807) is 0 Å². The van der Waals surface area contributed by atoms with Gasteiger partial charge in [0.05, 0.1) is 0 Å². The molecule has 20 heavy (non-hydrogen) atoms. The number of aryl methyl sites for hydroxylation is 1. The van der Waals surface area contributed by atoms with Crippen molar-refractivity contribution in [2.45, 2.75) is 26.4 Å². The van der Waals surface area contributed by atoms with Crippen molar-refractivity contribution in [1.82, 2.24) is 5.32 Å². The lowest BCUT2D eigenvalue weighted by Gasteiger charge is -2.17. The lowest BCUT2D eigenvalue weighted by Crippen LogP contribution is -2.19. The second-order valence-corrected chi connectivity index (χ2v) is 5.52. The molecule has 0 aromatic heterocycles. The van der Waals surface area contributed by atoms with Gasteiger partial charge in [-0.1, -0.05) is 36.4 Å². The maximum absolute atomic E-state index is 3.59. The van der Waals surface area contributed by atoms with Crippen LogP contribution in [0.2, 0.25) is 0 Å². The molecular weight excluding hydrogens is 244 g/mol. The van der Waals surface area contributed by atoms with Crippen LogP contribution < -0.4 is 10.2 Å². The molecule has 0 bridgehead atoms. The summed E-state index contributed by atoms with van der Waals surface area (Å²) in [5, 5.41) is 3.59. The van der Waals surface area contributed by atoms with Gasteiger partial charge in [-0.25, -0.2) is 0 Å². The number of rotatable bonds is 5. The van der Waals surface area contributed by atoms with Crippen molar-refractivity contribution in [3.8, 4) is 0 Å². The van der Waals surface area contributed by atoms with Gasteiger partial charge >= 0.3 is 0 Å². The molecule has 0 saturated carbocycles. The molecule has 0 fully saturated rings. The van der Waals surface area contributed by atoms with Crippen LogP contribution in [0, 0.1) is 6.92 Å². The fraction of sp³-hybridized carbons (Fsp3) is 0.333. The van der Waals surface area contributed by atoms with E-state index in [1.807, 2.05) is 0 Å². The van der Waals surface area contributed by atoms with Crippen LogP contribution in [0.4, 0.5) is 5.69 Å². The Morgan fingerprint density at radius 1 is 1.00 bits per heavy atom. The molecule has 1 atom stereocenters. The Bertz CT molecular complexity index is 544. The average molecular weight is 268 g/mol. The lowest BCUT2D eigenvalue weighted by molar-refractivity contribution is 0.572. The van der Waals surface area contributed by atoms with E-state index in [0.717, 1.165) is 6.54 Å². The first-order valence-electron chi connectivity index (χ1n) is 7.13. The summed E-state index contributed by atoms with van der Waals surface area (Å²) in [5.41, 5.74) is 5.27. The Hall–Kier alpha value is -1.80. The Morgan fingerprint density at radius 3 is 2.25 bits per heavy atom. The number of nitrogens with zero attached hydrogens (tertiary/aromatic N) is 1. The Kier molecular flexibility index (Phi) is 4.80. The van der Waals surface area contributed by atoms with Crippen LogP contribution in [0.15, 0.2) is 48.5 Å². The zero-order valence-corrected chi connectivity index (χ0v) is 12.9. The average Bonchev–Trinajstić information content (AvgIpc) is 2.45. The van der Waals surface area contributed by atoms with Crippen LogP contribution in [0.25, 0.3) is 0 Å². The molecule has 0 heterocycles. The van der Waals surface area contributed by atoms with Crippen LogP contribution in [0.3, 0.4) is 0 Å². The van der Waals surface area contributed by atoms with Crippen molar-refractivity contribution in [3.05, 3.63) is 65.2 Å². The van der Waals surface area contributed by atoms with Crippen LogP contribution >= 0.6 is 0 Å². The molecular formula is C18H24N2. The van der Waals surface area contributed by atoms with Crippen molar-refractivity contribution < 1.29 is 0 Å². The van der Waals surface area contributed by atoms with Crippen molar-refractivity contribution in [3.63, 3.8) is 0 Å². The minimum Gasteiger partial charge on any atom is -0.378 e.